The number of nitrogens with one attached hydrogen (secondary N) is 1. The summed E-state index contributed by atoms with van der Waals surface area (Å²) in [6.07, 6.45) is 0.798. The first kappa shape index (κ1) is 14.5. The van der Waals surface area contributed by atoms with Crippen molar-refractivity contribution >= 4 is 23.2 Å². The van der Waals surface area contributed by atoms with Crippen LogP contribution < -0.4 is 5.32 Å². The highest BCUT2D eigenvalue weighted by atomic mass is 32.1. The molecule has 2 aliphatic heterocycles. The molecule has 1 saturated heterocycles. The Kier molecular flexibility index (Phi) is 4.23. The topological polar surface area (TPSA) is 78.9 Å². The number of hydrogen-bond acceptors (Lipinski definition) is 5. The van der Waals surface area contributed by atoms with Gasteiger partial charge in [-0.05, 0) is 23.4 Å². The normalized spacial score (nSPS) is 25.4. The van der Waals surface area contributed by atoms with Gasteiger partial charge >= 0.3 is 5.97 Å². The van der Waals surface area contributed by atoms with Crippen LogP contribution in [0, 0.1) is 0 Å². The second-order valence-electron chi connectivity index (χ2n) is 5.28. The first-order chi connectivity index (χ1) is 10.2. The van der Waals surface area contributed by atoms with Crippen molar-refractivity contribution < 1.29 is 19.4 Å². The first-order valence-electron chi connectivity index (χ1n) is 7.07. The number of fused-ring (bicyclic) bond motifs is 1. The van der Waals surface area contributed by atoms with Gasteiger partial charge in [0, 0.05) is 24.5 Å². The molecule has 2 aliphatic rings. The minimum Gasteiger partial charge on any atom is -0.479 e. The molecule has 0 spiro atoms. The Morgan fingerprint density at radius 3 is 3.10 bits per heavy atom. The molecular formula is C14H18N2O4S. The van der Waals surface area contributed by atoms with E-state index in [1.165, 1.54) is 4.90 Å². The first-order valence-corrected chi connectivity index (χ1v) is 7.95. The zero-order chi connectivity index (χ0) is 14.8. The molecule has 2 atom stereocenters. The lowest BCUT2D eigenvalue weighted by molar-refractivity contribution is -0.152. The van der Waals surface area contributed by atoms with Crippen molar-refractivity contribution in [2.45, 2.75) is 25.0 Å². The lowest BCUT2D eigenvalue weighted by atomic mass is 9.99. The highest BCUT2D eigenvalue weighted by molar-refractivity contribution is 7.10. The van der Waals surface area contributed by atoms with E-state index < -0.39 is 12.0 Å². The molecule has 7 heteroatoms. The van der Waals surface area contributed by atoms with Gasteiger partial charge in [0.25, 0.3) is 0 Å². The number of aliphatic carboxylic acids is 1. The average Bonchev–Trinajstić information content (AvgIpc) is 2.95. The van der Waals surface area contributed by atoms with E-state index in [2.05, 4.69) is 5.32 Å². The fourth-order valence-electron chi connectivity index (χ4n) is 2.91. The fourth-order valence-corrected chi connectivity index (χ4v) is 3.82. The summed E-state index contributed by atoms with van der Waals surface area (Å²) in [5.74, 6) is -1.11. The predicted molar refractivity (Wildman–Crippen MR) is 77.3 cm³/mol. The Hall–Kier alpha value is -1.44. The van der Waals surface area contributed by atoms with Crippen LogP contribution in [0.4, 0.5) is 0 Å². The van der Waals surface area contributed by atoms with Gasteiger partial charge in [0.05, 0.1) is 19.1 Å². The van der Waals surface area contributed by atoms with Crippen LogP contribution in [0.3, 0.4) is 0 Å². The van der Waals surface area contributed by atoms with E-state index in [-0.39, 0.29) is 18.4 Å². The van der Waals surface area contributed by atoms with Gasteiger partial charge in [-0.25, -0.2) is 4.79 Å². The van der Waals surface area contributed by atoms with Gasteiger partial charge in [-0.2, -0.15) is 0 Å². The molecule has 0 aromatic carbocycles. The Morgan fingerprint density at radius 1 is 1.52 bits per heavy atom. The maximum atomic E-state index is 12.5. The number of carbonyl (C=O) groups is 2. The fraction of sp³-hybridized carbons (Fsp3) is 0.571. The number of rotatable bonds is 3. The van der Waals surface area contributed by atoms with E-state index in [0.717, 1.165) is 23.4 Å². The maximum Gasteiger partial charge on any atom is 0.331 e. The van der Waals surface area contributed by atoms with E-state index in [9.17, 15) is 14.7 Å². The van der Waals surface area contributed by atoms with Crippen molar-refractivity contribution in [3.05, 3.63) is 21.9 Å². The number of carboxylic acid groups (broad SMARTS) is 1. The highest BCUT2D eigenvalue weighted by Gasteiger charge is 2.37. The zero-order valence-corrected chi connectivity index (χ0v) is 12.4. The monoisotopic (exact) mass is 310 g/mol. The Balaban J connectivity index is 1.74. The quantitative estimate of drug-likeness (QED) is 0.856. The number of thiophene rings is 1. The number of morpholine rings is 1. The lowest BCUT2D eigenvalue weighted by Gasteiger charge is -2.34. The molecule has 0 aliphatic carbocycles. The maximum absolute atomic E-state index is 12.5. The zero-order valence-electron chi connectivity index (χ0n) is 11.6. The summed E-state index contributed by atoms with van der Waals surface area (Å²) in [6.45, 7) is 2.49. The summed E-state index contributed by atoms with van der Waals surface area (Å²) in [5, 5.41) is 14.6. The van der Waals surface area contributed by atoms with Gasteiger partial charge in [0.2, 0.25) is 5.91 Å². The molecule has 1 fully saturated rings. The molecule has 3 rings (SSSR count). The summed E-state index contributed by atoms with van der Waals surface area (Å²) in [7, 11) is 0. The molecule has 0 saturated carbocycles. The summed E-state index contributed by atoms with van der Waals surface area (Å²) in [4.78, 5) is 26.6. The lowest BCUT2D eigenvalue weighted by Crippen LogP contribution is -2.46. The van der Waals surface area contributed by atoms with Crippen LogP contribution in [0.5, 0.6) is 0 Å². The van der Waals surface area contributed by atoms with Crippen molar-refractivity contribution in [2.24, 2.45) is 0 Å². The molecule has 114 valence electrons. The van der Waals surface area contributed by atoms with Crippen LogP contribution in [-0.4, -0.2) is 54.2 Å². The van der Waals surface area contributed by atoms with Gasteiger partial charge in [-0.15, -0.1) is 11.3 Å². The average molecular weight is 310 g/mol. The predicted octanol–water partition coefficient (Wildman–Crippen LogP) is 0.637. The number of nitrogens with zero attached hydrogens (tertiary/aromatic N) is 1. The van der Waals surface area contributed by atoms with Crippen molar-refractivity contribution in [2.75, 3.05) is 26.2 Å². The molecule has 1 aromatic rings. The van der Waals surface area contributed by atoms with Crippen LogP contribution in [0.15, 0.2) is 11.4 Å². The van der Waals surface area contributed by atoms with Gasteiger partial charge in [-0.1, -0.05) is 0 Å². The van der Waals surface area contributed by atoms with Gasteiger partial charge in [0.1, 0.15) is 0 Å². The third-order valence-corrected chi connectivity index (χ3v) is 4.92. The highest BCUT2D eigenvalue weighted by Crippen LogP contribution is 2.34. The van der Waals surface area contributed by atoms with Crippen molar-refractivity contribution in [1.82, 2.24) is 10.2 Å². The minimum absolute atomic E-state index is 0.145. The van der Waals surface area contributed by atoms with Crippen LogP contribution in [0.25, 0.3) is 0 Å². The molecule has 6 nitrogen and oxygen atoms in total. The summed E-state index contributed by atoms with van der Waals surface area (Å²) in [6, 6.07) is 0.959. The summed E-state index contributed by atoms with van der Waals surface area (Å²) >= 11 is 1.56. The van der Waals surface area contributed by atoms with Gasteiger partial charge < -0.3 is 20.1 Å². The molecule has 3 heterocycles. The van der Waals surface area contributed by atoms with E-state index in [1.54, 1.807) is 11.3 Å². The molecule has 2 unspecified atom stereocenters. The number of carboxylic acids is 1. The number of hydrogen-bond donors (Lipinski definition) is 2. The molecule has 1 amide bonds. The van der Waals surface area contributed by atoms with Crippen molar-refractivity contribution in [3.8, 4) is 0 Å². The third-order valence-electron chi connectivity index (χ3n) is 3.93. The van der Waals surface area contributed by atoms with Crippen LogP contribution in [0.2, 0.25) is 0 Å². The second kappa shape index (κ2) is 6.13. The number of carbonyl (C=O) groups excluding carboxylic acids is 1. The largest absolute Gasteiger partial charge is 0.479 e. The van der Waals surface area contributed by atoms with E-state index >= 15 is 0 Å². The van der Waals surface area contributed by atoms with Crippen LogP contribution in [0.1, 0.15) is 22.9 Å². The molecular weight excluding hydrogens is 292 g/mol. The van der Waals surface area contributed by atoms with Crippen molar-refractivity contribution in [1.29, 1.82) is 0 Å². The van der Waals surface area contributed by atoms with E-state index in [4.69, 9.17) is 4.74 Å². The Bertz CT molecular complexity index is 539. The second-order valence-corrected chi connectivity index (χ2v) is 6.28. The minimum atomic E-state index is -0.967. The summed E-state index contributed by atoms with van der Waals surface area (Å²) in [5.41, 5.74) is 0.759. The molecule has 0 radical (unpaired) electrons. The number of ether oxygens (including phenoxy) is 1. The summed E-state index contributed by atoms with van der Waals surface area (Å²) < 4.78 is 5.53. The standard InChI is InChI=1S/C14H18N2O4S/c17-12(7-9-8-15-3-5-20-9)16-4-1-11-10(2-6-21-11)13(16)14(18)19/h2,6,9,13,15H,1,3-5,7-8H2,(H,18,19). The third kappa shape index (κ3) is 2.95. The molecule has 21 heavy (non-hydrogen) atoms. The van der Waals surface area contributed by atoms with Gasteiger partial charge in [-0.3, -0.25) is 4.79 Å². The Labute approximate surface area is 126 Å². The van der Waals surface area contributed by atoms with E-state index in [0.29, 0.717) is 19.7 Å². The Morgan fingerprint density at radius 2 is 2.38 bits per heavy atom. The van der Waals surface area contributed by atoms with Crippen LogP contribution >= 0.6 is 11.3 Å². The van der Waals surface area contributed by atoms with Crippen LogP contribution in [-0.2, 0) is 20.7 Å². The molecule has 1 aromatic heterocycles. The smallest absolute Gasteiger partial charge is 0.331 e. The van der Waals surface area contributed by atoms with Gasteiger partial charge in [0.15, 0.2) is 6.04 Å². The molecule has 0 bridgehead atoms. The SMILES string of the molecule is O=C(O)C1c2ccsc2CCN1C(=O)CC1CNCCO1. The molecule has 2 N–H and O–H groups in total. The number of amides is 1. The van der Waals surface area contributed by atoms with E-state index in [1.807, 2.05) is 11.4 Å². The van der Waals surface area contributed by atoms with Crippen molar-refractivity contribution in [3.63, 3.8) is 0 Å².